The number of carbonyl (C=O) groups excluding carboxylic acids is 1. The number of halogens is 1. The maximum absolute atomic E-state index is 15.1. The summed E-state index contributed by atoms with van der Waals surface area (Å²) in [5.74, 6) is -0.887. The average molecular weight is 475 g/mol. The quantitative estimate of drug-likeness (QED) is 0.444. The third-order valence-electron chi connectivity index (χ3n) is 6.42. The highest BCUT2D eigenvalue weighted by molar-refractivity contribution is 5.85. The van der Waals surface area contributed by atoms with E-state index in [1.165, 1.54) is 6.20 Å². The summed E-state index contributed by atoms with van der Waals surface area (Å²) < 4.78 is 21.6. The number of anilines is 1. The molecule has 2 heterocycles. The second-order valence-electron chi connectivity index (χ2n) is 8.92. The number of benzene rings is 1. The fraction of sp³-hybridized carbons (Fsp3) is 0.542. The van der Waals surface area contributed by atoms with Gasteiger partial charge in [-0.3, -0.25) is 4.79 Å². The molecule has 4 rings (SSSR count). The van der Waals surface area contributed by atoms with Gasteiger partial charge in [0.2, 0.25) is 5.43 Å². The molecule has 1 saturated carbocycles. The lowest BCUT2D eigenvalue weighted by Crippen LogP contribution is -2.52. The number of nitrogens with one attached hydrogen (secondary N) is 1. The molecule has 184 valence electrons. The molecule has 2 aliphatic rings. The van der Waals surface area contributed by atoms with E-state index in [-0.39, 0.29) is 23.2 Å². The van der Waals surface area contributed by atoms with Crippen molar-refractivity contribution in [3.8, 4) is 5.75 Å². The Labute approximate surface area is 197 Å². The minimum atomic E-state index is -1.58. The maximum Gasteiger partial charge on any atom is 0.511 e. The van der Waals surface area contributed by atoms with Crippen molar-refractivity contribution in [1.29, 1.82) is 0 Å². The van der Waals surface area contributed by atoms with Crippen molar-refractivity contribution >= 4 is 28.8 Å². The molecule has 2 aromatic rings. The van der Waals surface area contributed by atoms with Gasteiger partial charge in [0.25, 0.3) is 0 Å². The number of urea groups is 1. The molecule has 34 heavy (non-hydrogen) atoms. The van der Waals surface area contributed by atoms with Crippen LogP contribution in [0.4, 0.5) is 19.7 Å². The molecule has 1 aliphatic heterocycles. The predicted octanol–water partition coefficient (Wildman–Crippen LogP) is 3.94. The Morgan fingerprint density at radius 1 is 1.15 bits per heavy atom. The summed E-state index contributed by atoms with van der Waals surface area (Å²) in [7, 11) is 0. The zero-order valence-corrected chi connectivity index (χ0v) is 19.4. The van der Waals surface area contributed by atoms with Crippen LogP contribution in [0.5, 0.6) is 5.75 Å². The van der Waals surface area contributed by atoms with Gasteiger partial charge in [-0.05, 0) is 31.4 Å². The Kier molecular flexibility index (Phi) is 7.23. The van der Waals surface area contributed by atoms with Gasteiger partial charge in [-0.2, -0.15) is 0 Å². The SMILES string of the molecule is CCCCCCNC(=O)N1CCN(c2cc3c(cc2F)c(=O)c(OC(=O)O)cn3C2CC2)CC1. The monoisotopic (exact) mass is 474 g/mol. The fourth-order valence-corrected chi connectivity index (χ4v) is 4.41. The molecular formula is C24H31FN4O5. The standard InChI is InChI=1S/C24H31FN4O5/c1-2-3-4-5-8-26-23(31)28-11-9-27(10-12-28)20-14-19-17(13-18(20)25)22(30)21(34-24(32)33)15-29(19)16-6-7-16/h13-16H,2-12H2,1H3,(H,26,31)(H,32,33). The summed E-state index contributed by atoms with van der Waals surface area (Å²) >= 11 is 0. The van der Waals surface area contributed by atoms with E-state index in [0.717, 1.165) is 44.6 Å². The number of fused-ring (bicyclic) bond motifs is 1. The van der Waals surface area contributed by atoms with Crippen LogP contribution in [0, 0.1) is 5.82 Å². The lowest BCUT2D eigenvalue weighted by molar-refractivity contribution is 0.143. The van der Waals surface area contributed by atoms with Crippen molar-refractivity contribution < 1.29 is 23.8 Å². The van der Waals surface area contributed by atoms with Crippen LogP contribution in [0.2, 0.25) is 0 Å². The van der Waals surface area contributed by atoms with Gasteiger partial charge in [0.15, 0.2) is 5.75 Å². The summed E-state index contributed by atoms with van der Waals surface area (Å²) in [6.07, 6.45) is 5.97. The van der Waals surface area contributed by atoms with Crippen LogP contribution in [-0.4, -0.2) is 59.5 Å². The van der Waals surface area contributed by atoms with Gasteiger partial charge in [0.05, 0.1) is 22.8 Å². The number of hydrogen-bond donors (Lipinski definition) is 2. The summed E-state index contributed by atoms with van der Waals surface area (Å²) in [6.45, 7) is 4.69. The average Bonchev–Trinajstić information content (AvgIpc) is 3.66. The van der Waals surface area contributed by atoms with Crippen LogP contribution in [0.15, 0.2) is 23.1 Å². The van der Waals surface area contributed by atoms with Gasteiger partial charge in [-0.25, -0.2) is 14.0 Å². The third kappa shape index (κ3) is 5.26. The lowest BCUT2D eigenvalue weighted by atomic mass is 10.1. The van der Waals surface area contributed by atoms with Gasteiger partial charge in [-0.1, -0.05) is 26.2 Å². The van der Waals surface area contributed by atoms with Gasteiger partial charge >= 0.3 is 12.2 Å². The zero-order valence-electron chi connectivity index (χ0n) is 19.4. The molecule has 0 radical (unpaired) electrons. The Bertz CT molecular complexity index is 1120. The van der Waals surface area contributed by atoms with E-state index in [1.54, 1.807) is 15.5 Å². The number of piperazine rings is 1. The van der Waals surface area contributed by atoms with Gasteiger partial charge in [0, 0.05) is 38.8 Å². The topological polar surface area (TPSA) is 104 Å². The van der Waals surface area contributed by atoms with E-state index in [4.69, 9.17) is 5.11 Å². The molecule has 10 heteroatoms. The van der Waals surface area contributed by atoms with Crippen LogP contribution in [0.1, 0.15) is 51.5 Å². The fourth-order valence-electron chi connectivity index (χ4n) is 4.41. The molecule has 0 unspecified atom stereocenters. The van der Waals surface area contributed by atoms with Crippen molar-refractivity contribution in [3.63, 3.8) is 0 Å². The summed E-state index contributed by atoms with van der Waals surface area (Å²) in [6, 6.07) is 2.84. The highest BCUT2D eigenvalue weighted by atomic mass is 19.1. The number of carboxylic acid groups (broad SMARTS) is 1. The molecule has 1 aromatic heterocycles. The Balaban J connectivity index is 1.49. The number of hydrogen-bond acceptors (Lipinski definition) is 5. The van der Waals surface area contributed by atoms with Crippen LogP contribution in [0.3, 0.4) is 0 Å². The Morgan fingerprint density at radius 3 is 2.53 bits per heavy atom. The normalized spacial score (nSPS) is 16.1. The van der Waals surface area contributed by atoms with E-state index < -0.39 is 17.4 Å². The second kappa shape index (κ2) is 10.3. The largest absolute Gasteiger partial charge is 0.511 e. The molecule has 1 saturated heterocycles. The molecular weight excluding hydrogens is 443 g/mol. The molecule has 1 aliphatic carbocycles. The number of ether oxygens (including phenoxy) is 1. The minimum Gasteiger partial charge on any atom is -0.449 e. The zero-order chi connectivity index (χ0) is 24.2. The van der Waals surface area contributed by atoms with Crippen molar-refractivity contribution in [2.24, 2.45) is 0 Å². The van der Waals surface area contributed by atoms with Crippen LogP contribution >= 0.6 is 0 Å². The highest BCUT2D eigenvalue weighted by Crippen LogP contribution is 2.39. The van der Waals surface area contributed by atoms with Gasteiger partial charge < -0.3 is 29.5 Å². The van der Waals surface area contributed by atoms with Crippen molar-refractivity contribution in [1.82, 2.24) is 14.8 Å². The van der Waals surface area contributed by atoms with E-state index in [2.05, 4.69) is 17.0 Å². The van der Waals surface area contributed by atoms with Crippen molar-refractivity contribution in [3.05, 3.63) is 34.4 Å². The number of amides is 2. The summed E-state index contributed by atoms with van der Waals surface area (Å²) in [5, 5.41) is 12.0. The maximum atomic E-state index is 15.1. The summed E-state index contributed by atoms with van der Waals surface area (Å²) in [5.41, 5.74) is 0.266. The predicted molar refractivity (Wildman–Crippen MR) is 126 cm³/mol. The van der Waals surface area contributed by atoms with Crippen LogP contribution < -0.4 is 20.4 Å². The first kappa shape index (κ1) is 23.8. The molecule has 2 fully saturated rings. The molecule has 0 spiro atoms. The molecule has 2 amide bonds. The molecule has 9 nitrogen and oxygen atoms in total. The number of carbonyl (C=O) groups is 2. The molecule has 1 aromatic carbocycles. The smallest absolute Gasteiger partial charge is 0.449 e. The first-order valence-corrected chi connectivity index (χ1v) is 12.0. The van der Waals surface area contributed by atoms with Crippen LogP contribution in [-0.2, 0) is 0 Å². The number of aromatic nitrogens is 1. The second-order valence-corrected chi connectivity index (χ2v) is 8.92. The molecule has 0 bridgehead atoms. The number of nitrogens with zero attached hydrogens (tertiary/aromatic N) is 3. The first-order valence-electron chi connectivity index (χ1n) is 12.0. The number of pyridine rings is 1. The van der Waals surface area contributed by atoms with Gasteiger partial charge in [-0.15, -0.1) is 0 Å². The van der Waals surface area contributed by atoms with Crippen LogP contribution in [0.25, 0.3) is 10.9 Å². The van der Waals surface area contributed by atoms with Crippen molar-refractivity contribution in [2.45, 2.75) is 51.5 Å². The summed E-state index contributed by atoms with van der Waals surface area (Å²) in [4.78, 5) is 39.7. The Morgan fingerprint density at radius 2 is 1.88 bits per heavy atom. The third-order valence-corrected chi connectivity index (χ3v) is 6.42. The van der Waals surface area contributed by atoms with E-state index in [1.807, 2.05) is 4.90 Å². The molecule has 0 atom stereocenters. The van der Waals surface area contributed by atoms with E-state index >= 15 is 4.39 Å². The number of unbranched alkanes of at least 4 members (excludes halogenated alkanes) is 3. The van der Waals surface area contributed by atoms with E-state index in [0.29, 0.717) is 43.9 Å². The van der Waals surface area contributed by atoms with Gasteiger partial charge in [0.1, 0.15) is 5.82 Å². The van der Waals surface area contributed by atoms with E-state index in [9.17, 15) is 14.4 Å². The first-order chi connectivity index (χ1) is 16.4. The Hall–Kier alpha value is -3.30. The molecule has 2 N–H and O–H groups in total. The lowest BCUT2D eigenvalue weighted by Gasteiger charge is -2.36. The highest BCUT2D eigenvalue weighted by Gasteiger charge is 2.28. The minimum absolute atomic E-state index is 0.0907. The number of rotatable bonds is 8. The van der Waals surface area contributed by atoms with Crippen molar-refractivity contribution in [2.75, 3.05) is 37.6 Å².